The van der Waals surface area contributed by atoms with Crippen molar-refractivity contribution in [1.29, 1.82) is 0 Å². The fourth-order valence-electron chi connectivity index (χ4n) is 1.11. The van der Waals surface area contributed by atoms with E-state index < -0.39 is 0 Å². The molecule has 0 unspecified atom stereocenters. The minimum atomic E-state index is 0.826. The summed E-state index contributed by atoms with van der Waals surface area (Å²) in [4.78, 5) is 0. The van der Waals surface area contributed by atoms with E-state index in [0.29, 0.717) is 0 Å². The maximum Gasteiger partial charge on any atom is 0.0964 e. The lowest BCUT2D eigenvalue weighted by Crippen LogP contribution is -2.13. The monoisotopic (exact) mass is 214 g/mol. The molecule has 1 aromatic rings. The van der Waals surface area contributed by atoms with Crippen molar-refractivity contribution in [1.82, 2.24) is 20.3 Å². The molecule has 0 saturated heterocycles. The standard InChI is InChI=1S/C9H18N4S/c1-3-4-10-7-9-8-13(12-11-9)5-6-14-2/h8,10H,3-7H2,1-2H3. The molecule has 1 N–H and O–H groups in total. The van der Waals surface area contributed by atoms with Crippen LogP contribution in [0.5, 0.6) is 0 Å². The van der Waals surface area contributed by atoms with Crippen LogP contribution in [0, 0.1) is 0 Å². The molecule has 80 valence electrons. The zero-order valence-electron chi connectivity index (χ0n) is 8.86. The first-order chi connectivity index (χ1) is 6.86. The number of nitrogens with one attached hydrogen (secondary N) is 1. The highest BCUT2D eigenvalue weighted by Crippen LogP contribution is 1.96. The van der Waals surface area contributed by atoms with Gasteiger partial charge in [0, 0.05) is 18.5 Å². The Morgan fingerprint density at radius 2 is 2.43 bits per heavy atom. The predicted molar refractivity (Wildman–Crippen MR) is 60.4 cm³/mol. The Labute approximate surface area is 89.5 Å². The molecule has 0 aromatic carbocycles. The molecule has 0 aliphatic carbocycles. The second kappa shape index (κ2) is 6.84. The van der Waals surface area contributed by atoms with Crippen molar-refractivity contribution in [3.63, 3.8) is 0 Å². The van der Waals surface area contributed by atoms with Crippen LogP contribution < -0.4 is 5.32 Å². The van der Waals surface area contributed by atoms with Gasteiger partial charge < -0.3 is 5.32 Å². The fourth-order valence-corrected chi connectivity index (χ4v) is 1.48. The molecule has 0 aliphatic rings. The highest BCUT2D eigenvalue weighted by atomic mass is 32.2. The van der Waals surface area contributed by atoms with Crippen LogP contribution in [0.25, 0.3) is 0 Å². The molecule has 0 radical (unpaired) electrons. The van der Waals surface area contributed by atoms with Gasteiger partial charge in [0.05, 0.1) is 12.2 Å². The van der Waals surface area contributed by atoms with Gasteiger partial charge in [-0.25, -0.2) is 0 Å². The molecule has 4 nitrogen and oxygen atoms in total. The summed E-state index contributed by atoms with van der Waals surface area (Å²) in [6.07, 6.45) is 5.26. The summed E-state index contributed by atoms with van der Waals surface area (Å²) in [7, 11) is 0. The molecular formula is C9H18N4S. The lowest BCUT2D eigenvalue weighted by molar-refractivity contribution is 0.630. The average Bonchev–Trinajstić information content (AvgIpc) is 2.63. The maximum absolute atomic E-state index is 4.08. The maximum atomic E-state index is 4.08. The fraction of sp³-hybridized carbons (Fsp3) is 0.778. The minimum Gasteiger partial charge on any atom is -0.311 e. The van der Waals surface area contributed by atoms with Gasteiger partial charge in [0.2, 0.25) is 0 Å². The Morgan fingerprint density at radius 1 is 1.57 bits per heavy atom. The summed E-state index contributed by atoms with van der Waals surface area (Å²) in [6.45, 7) is 4.97. The van der Waals surface area contributed by atoms with Crippen molar-refractivity contribution in [3.05, 3.63) is 11.9 Å². The second-order valence-electron chi connectivity index (χ2n) is 3.14. The van der Waals surface area contributed by atoms with Crippen LogP contribution in [0.2, 0.25) is 0 Å². The zero-order chi connectivity index (χ0) is 10.2. The molecule has 1 rings (SSSR count). The van der Waals surface area contributed by atoms with Crippen LogP contribution >= 0.6 is 11.8 Å². The van der Waals surface area contributed by atoms with Crippen LogP contribution in [0.1, 0.15) is 19.0 Å². The molecule has 0 spiro atoms. The van der Waals surface area contributed by atoms with Gasteiger partial charge in [-0.15, -0.1) is 5.10 Å². The van der Waals surface area contributed by atoms with E-state index in [2.05, 4.69) is 28.8 Å². The van der Waals surface area contributed by atoms with Gasteiger partial charge in [0.1, 0.15) is 0 Å². The Kier molecular flexibility index (Phi) is 5.63. The van der Waals surface area contributed by atoms with Crippen LogP contribution in [0.4, 0.5) is 0 Å². The molecule has 0 fully saturated rings. The van der Waals surface area contributed by atoms with Crippen molar-refractivity contribution in [2.24, 2.45) is 0 Å². The van der Waals surface area contributed by atoms with Gasteiger partial charge in [-0.3, -0.25) is 4.68 Å². The number of thioether (sulfide) groups is 1. The molecule has 14 heavy (non-hydrogen) atoms. The van der Waals surface area contributed by atoms with Gasteiger partial charge in [0.15, 0.2) is 0 Å². The molecule has 1 aromatic heterocycles. The van der Waals surface area contributed by atoms with Crippen LogP contribution in [-0.2, 0) is 13.1 Å². The first kappa shape index (κ1) is 11.5. The Hall–Kier alpha value is -0.550. The lowest BCUT2D eigenvalue weighted by atomic mass is 10.4. The smallest absolute Gasteiger partial charge is 0.0964 e. The average molecular weight is 214 g/mol. The summed E-state index contributed by atoms with van der Waals surface area (Å²) in [5.41, 5.74) is 1.03. The largest absolute Gasteiger partial charge is 0.311 e. The van der Waals surface area contributed by atoms with E-state index in [1.807, 2.05) is 22.6 Å². The van der Waals surface area contributed by atoms with E-state index in [0.717, 1.165) is 37.5 Å². The number of aromatic nitrogens is 3. The number of rotatable bonds is 7. The van der Waals surface area contributed by atoms with Gasteiger partial charge in [-0.1, -0.05) is 12.1 Å². The second-order valence-corrected chi connectivity index (χ2v) is 4.13. The van der Waals surface area contributed by atoms with Crippen molar-refractivity contribution >= 4 is 11.8 Å². The first-order valence-electron chi connectivity index (χ1n) is 4.95. The highest BCUT2D eigenvalue weighted by molar-refractivity contribution is 7.98. The molecule has 0 atom stereocenters. The van der Waals surface area contributed by atoms with E-state index in [-0.39, 0.29) is 0 Å². The van der Waals surface area contributed by atoms with Crippen molar-refractivity contribution in [3.8, 4) is 0 Å². The SMILES string of the molecule is CCCNCc1cn(CCSC)nn1. The minimum absolute atomic E-state index is 0.826. The number of nitrogens with zero attached hydrogens (tertiary/aromatic N) is 3. The van der Waals surface area contributed by atoms with E-state index >= 15 is 0 Å². The van der Waals surface area contributed by atoms with Gasteiger partial charge >= 0.3 is 0 Å². The van der Waals surface area contributed by atoms with Crippen LogP contribution in [0.3, 0.4) is 0 Å². The van der Waals surface area contributed by atoms with Crippen LogP contribution in [-0.4, -0.2) is 33.5 Å². The molecule has 0 amide bonds. The normalized spacial score (nSPS) is 10.7. The molecular weight excluding hydrogens is 196 g/mol. The molecule has 0 bridgehead atoms. The molecule has 1 heterocycles. The number of hydrogen-bond donors (Lipinski definition) is 1. The summed E-state index contributed by atoms with van der Waals surface area (Å²) < 4.78 is 1.90. The zero-order valence-corrected chi connectivity index (χ0v) is 9.68. The third-order valence-corrected chi connectivity index (χ3v) is 2.43. The Morgan fingerprint density at radius 3 is 3.14 bits per heavy atom. The third-order valence-electron chi connectivity index (χ3n) is 1.84. The first-order valence-corrected chi connectivity index (χ1v) is 6.35. The van der Waals surface area contributed by atoms with E-state index in [1.54, 1.807) is 0 Å². The summed E-state index contributed by atoms with van der Waals surface area (Å²) in [5.74, 6) is 1.09. The quantitative estimate of drug-likeness (QED) is 0.691. The van der Waals surface area contributed by atoms with E-state index in [9.17, 15) is 0 Å². The van der Waals surface area contributed by atoms with Crippen molar-refractivity contribution in [2.75, 3.05) is 18.6 Å². The van der Waals surface area contributed by atoms with Gasteiger partial charge in [0.25, 0.3) is 0 Å². The van der Waals surface area contributed by atoms with Gasteiger partial charge in [-0.2, -0.15) is 11.8 Å². The van der Waals surface area contributed by atoms with Crippen molar-refractivity contribution < 1.29 is 0 Å². The van der Waals surface area contributed by atoms with Gasteiger partial charge in [-0.05, 0) is 19.2 Å². The third kappa shape index (κ3) is 4.11. The summed E-state index contributed by atoms with van der Waals surface area (Å²) >= 11 is 1.82. The molecule has 0 saturated carbocycles. The Bertz CT molecular complexity index is 249. The van der Waals surface area contributed by atoms with Crippen LogP contribution in [0.15, 0.2) is 6.20 Å². The highest BCUT2D eigenvalue weighted by Gasteiger charge is 1.98. The summed E-state index contributed by atoms with van der Waals surface area (Å²) in [6, 6.07) is 0. The van der Waals surface area contributed by atoms with Crippen molar-refractivity contribution in [2.45, 2.75) is 26.4 Å². The number of aryl methyl sites for hydroxylation is 1. The topological polar surface area (TPSA) is 42.7 Å². The number of hydrogen-bond acceptors (Lipinski definition) is 4. The Balaban J connectivity index is 2.27. The lowest BCUT2D eigenvalue weighted by Gasteiger charge is -1.97. The van der Waals surface area contributed by atoms with E-state index in [1.165, 1.54) is 0 Å². The predicted octanol–water partition coefficient (Wildman–Crippen LogP) is 1.14. The summed E-state index contributed by atoms with van der Waals surface area (Å²) in [5, 5.41) is 11.4. The van der Waals surface area contributed by atoms with E-state index in [4.69, 9.17) is 0 Å². The molecule has 0 aliphatic heterocycles. The molecule has 5 heteroatoms.